The van der Waals surface area contributed by atoms with E-state index in [1.807, 2.05) is 36.0 Å². The van der Waals surface area contributed by atoms with Crippen molar-refractivity contribution >= 4 is 17.7 Å². The zero-order valence-corrected chi connectivity index (χ0v) is 13.1. The van der Waals surface area contributed by atoms with Gasteiger partial charge in [0.1, 0.15) is 0 Å². The molecular weight excluding hydrogens is 270 g/mol. The van der Waals surface area contributed by atoms with Crippen LogP contribution in [0.2, 0.25) is 0 Å². The van der Waals surface area contributed by atoms with Crippen molar-refractivity contribution in [3.05, 3.63) is 35.4 Å². The second-order valence-electron chi connectivity index (χ2n) is 5.23. The van der Waals surface area contributed by atoms with Crippen molar-refractivity contribution < 1.29 is 9.53 Å². The largest absolute Gasteiger partial charge is 0.376 e. The topological polar surface area (TPSA) is 38.3 Å². The summed E-state index contributed by atoms with van der Waals surface area (Å²) in [5, 5.41) is 3.02. The van der Waals surface area contributed by atoms with E-state index < -0.39 is 0 Å². The molecule has 0 bridgehead atoms. The van der Waals surface area contributed by atoms with Gasteiger partial charge in [-0.3, -0.25) is 4.79 Å². The van der Waals surface area contributed by atoms with Gasteiger partial charge in [0.05, 0.1) is 5.60 Å². The Balaban J connectivity index is 1.93. The maximum absolute atomic E-state index is 12.2. The molecule has 1 aliphatic heterocycles. The van der Waals surface area contributed by atoms with Gasteiger partial charge in [-0.1, -0.05) is 19.1 Å². The Kier molecular flexibility index (Phi) is 5.49. The first-order chi connectivity index (χ1) is 9.69. The smallest absolute Gasteiger partial charge is 0.251 e. The lowest BCUT2D eigenvalue weighted by atomic mass is 9.96. The first-order valence-corrected chi connectivity index (χ1v) is 8.34. The van der Waals surface area contributed by atoms with E-state index in [0.717, 1.165) is 36.3 Å². The lowest BCUT2D eigenvalue weighted by Gasteiger charge is -2.35. The van der Waals surface area contributed by atoms with Crippen molar-refractivity contribution in [3.8, 4) is 0 Å². The predicted octanol–water partition coefficient (Wildman–Crippen LogP) is 2.89. The number of hydrogen-bond donors (Lipinski definition) is 1. The number of nitrogens with one attached hydrogen (secondary N) is 1. The summed E-state index contributed by atoms with van der Waals surface area (Å²) < 4.78 is 5.67. The van der Waals surface area contributed by atoms with Gasteiger partial charge in [-0.05, 0) is 48.5 Å². The molecule has 2 rings (SSSR count). The van der Waals surface area contributed by atoms with E-state index in [1.165, 1.54) is 5.56 Å². The summed E-state index contributed by atoms with van der Waals surface area (Å²) in [6.45, 7) is 2.71. The Morgan fingerprint density at radius 3 is 2.50 bits per heavy atom. The maximum atomic E-state index is 12.2. The molecule has 0 aromatic heterocycles. The number of thioether (sulfide) groups is 1. The fourth-order valence-electron chi connectivity index (χ4n) is 2.43. The molecule has 1 aliphatic rings. The molecule has 1 aromatic carbocycles. The van der Waals surface area contributed by atoms with Crippen LogP contribution in [0.4, 0.5) is 0 Å². The van der Waals surface area contributed by atoms with Gasteiger partial charge < -0.3 is 10.1 Å². The van der Waals surface area contributed by atoms with Gasteiger partial charge in [-0.2, -0.15) is 11.8 Å². The Morgan fingerprint density at radius 1 is 1.30 bits per heavy atom. The number of carbonyl (C=O) groups excluding carboxylic acids is 1. The fourth-order valence-corrected chi connectivity index (χ4v) is 3.67. The highest BCUT2D eigenvalue weighted by molar-refractivity contribution is 7.99. The maximum Gasteiger partial charge on any atom is 0.251 e. The number of rotatable bonds is 5. The first kappa shape index (κ1) is 15.4. The van der Waals surface area contributed by atoms with Gasteiger partial charge in [0.25, 0.3) is 5.91 Å². The van der Waals surface area contributed by atoms with Crippen LogP contribution in [0.3, 0.4) is 0 Å². The highest BCUT2D eigenvalue weighted by Gasteiger charge is 2.32. The molecule has 0 radical (unpaired) electrons. The van der Waals surface area contributed by atoms with Crippen molar-refractivity contribution in [2.75, 3.05) is 25.2 Å². The monoisotopic (exact) mass is 293 g/mol. The molecule has 0 saturated carbocycles. The molecule has 3 nitrogen and oxygen atoms in total. The Hall–Kier alpha value is -1.00. The number of carbonyl (C=O) groups is 1. The van der Waals surface area contributed by atoms with Crippen LogP contribution in [0.1, 0.15) is 35.7 Å². The number of benzene rings is 1. The molecule has 1 N–H and O–H groups in total. The first-order valence-electron chi connectivity index (χ1n) is 7.19. The molecule has 0 aliphatic carbocycles. The Morgan fingerprint density at radius 2 is 1.95 bits per heavy atom. The molecule has 1 heterocycles. The summed E-state index contributed by atoms with van der Waals surface area (Å²) in [7, 11) is 1.75. The molecule has 1 saturated heterocycles. The number of hydrogen-bond acceptors (Lipinski definition) is 3. The van der Waals surface area contributed by atoms with Crippen molar-refractivity contribution in [2.45, 2.75) is 31.8 Å². The number of aryl methyl sites for hydroxylation is 1. The van der Waals surface area contributed by atoms with E-state index in [0.29, 0.717) is 6.54 Å². The SMILES string of the molecule is CCc1ccc(C(=O)NCC2(OC)CCSCC2)cc1. The lowest BCUT2D eigenvalue weighted by Crippen LogP contribution is -2.46. The standard InChI is InChI=1S/C16H23NO2S/c1-3-13-4-6-14(7-5-13)15(18)17-12-16(19-2)8-10-20-11-9-16/h4-7H,3,8-12H2,1-2H3,(H,17,18). The Labute approximate surface area is 125 Å². The molecule has 1 aromatic rings. The minimum atomic E-state index is -0.176. The zero-order valence-electron chi connectivity index (χ0n) is 12.3. The van der Waals surface area contributed by atoms with Crippen LogP contribution >= 0.6 is 11.8 Å². The molecule has 1 amide bonds. The normalized spacial score (nSPS) is 17.7. The molecular formula is C16H23NO2S. The predicted molar refractivity (Wildman–Crippen MR) is 84.5 cm³/mol. The van der Waals surface area contributed by atoms with Gasteiger partial charge >= 0.3 is 0 Å². The van der Waals surface area contributed by atoms with E-state index in [-0.39, 0.29) is 11.5 Å². The summed E-state index contributed by atoms with van der Waals surface area (Å²) in [5.41, 5.74) is 1.79. The van der Waals surface area contributed by atoms with E-state index >= 15 is 0 Å². The van der Waals surface area contributed by atoms with E-state index in [4.69, 9.17) is 4.74 Å². The van der Waals surface area contributed by atoms with E-state index in [2.05, 4.69) is 12.2 Å². The summed E-state index contributed by atoms with van der Waals surface area (Å²) in [5.74, 6) is 2.20. The number of methoxy groups -OCH3 is 1. The zero-order chi connectivity index (χ0) is 14.4. The van der Waals surface area contributed by atoms with Crippen LogP contribution in [0.25, 0.3) is 0 Å². The molecule has 20 heavy (non-hydrogen) atoms. The minimum absolute atomic E-state index is 0.0118. The number of amides is 1. The number of ether oxygens (including phenoxy) is 1. The third kappa shape index (κ3) is 3.76. The minimum Gasteiger partial charge on any atom is -0.376 e. The quantitative estimate of drug-likeness (QED) is 0.907. The second-order valence-corrected chi connectivity index (χ2v) is 6.46. The summed E-state index contributed by atoms with van der Waals surface area (Å²) in [4.78, 5) is 12.2. The van der Waals surface area contributed by atoms with Gasteiger partial charge in [-0.15, -0.1) is 0 Å². The molecule has 4 heteroatoms. The molecule has 1 fully saturated rings. The summed E-state index contributed by atoms with van der Waals surface area (Å²) >= 11 is 1.95. The van der Waals surface area contributed by atoms with Crippen molar-refractivity contribution in [1.29, 1.82) is 0 Å². The Bertz CT molecular complexity index is 438. The average Bonchev–Trinajstić information content (AvgIpc) is 2.53. The summed E-state index contributed by atoms with van der Waals surface area (Å²) in [6, 6.07) is 7.81. The van der Waals surface area contributed by atoms with E-state index in [1.54, 1.807) is 7.11 Å². The average molecular weight is 293 g/mol. The van der Waals surface area contributed by atoms with Gasteiger partial charge in [-0.25, -0.2) is 0 Å². The van der Waals surface area contributed by atoms with Crippen molar-refractivity contribution in [1.82, 2.24) is 5.32 Å². The van der Waals surface area contributed by atoms with Crippen molar-refractivity contribution in [2.24, 2.45) is 0 Å². The second kappa shape index (κ2) is 7.14. The molecule has 110 valence electrons. The van der Waals surface area contributed by atoms with Crippen LogP contribution in [0.15, 0.2) is 24.3 Å². The van der Waals surface area contributed by atoms with E-state index in [9.17, 15) is 4.79 Å². The third-order valence-corrected chi connectivity index (χ3v) is 5.02. The van der Waals surface area contributed by atoms with Gasteiger partial charge in [0.2, 0.25) is 0 Å². The highest BCUT2D eigenvalue weighted by Crippen LogP contribution is 2.29. The molecule has 0 atom stereocenters. The van der Waals surface area contributed by atoms with Crippen molar-refractivity contribution in [3.63, 3.8) is 0 Å². The molecule has 0 spiro atoms. The van der Waals surface area contributed by atoms with Crippen LogP contribution in [-0.2, 0) is 11.2 Å². The summed E-state index contributed by atoms with van der Waals surface area (Å²) in [6.07, 6.45) is 3.00. The van der Waals surface area contributed by atoms with Crippen LogP contribution < -0.4 is 5.32 Å². The fraction of sp³-hybridized carbons (Fsp3) is 0.562. The van der Waals surface area contributed by atoms with Gasteiger partial charge in [0.15, 0.2) is 0 Å². The van der Waals surface area contributed by atoms with Crippen LogP contribution in [0, 0.1) is 0 Å². The third-order valence-electron chi connectivity index (χ3n) is 4.03. The lowest BCUT2D eigenvalue weighted by molar-refractivity contribution is -0.0149. The van der Waals surface area contributed by atoms with Gasteiger partial charge in [0, 0.05) is 19.2 Å². The highest BCUT2D eigenvalue weighted by atomic mass is 32.2. The van der Waals surface area contributed by atoms with Crippen LogP contribution in [0.5, 0.6) is 0 Å². The van der Waals surface area contributed by atoms with Crippen LogP contribution in [-0.4, -0.2) is 36.7 Å². The molecule has 0 unspecified atom stereocenters.